The Morgan fingerprint density at radius 2 is 2.00 bits per heavy atom. The van der Waals surface area contributed by atoms with Gasteiger partial charge in [-0.05, 0) is 6.20 Å². The molecule has 0 aromatic carbocycles. The minimum absolute atomic E-state index is 1.88. The Balaban J connectivity index is 2.47. The summed E-state index contributed by atoms with van der Waals surface area (Å²) < 4.78 is 0. The molecule has 0 saturated heterocycles. The third-order valence-corrected chi connectivity index (χ3v) is 0.385. The molecule has 1 nitrogen and oxygen atoms in total. The van der Waals surface area contributed by atoms with Crippen molar-refractivity contribution in [3.8, 4) is 0 Å². The lowest BCUT2D eigenvalue weighted by atomic mass is 9.89. The van der Waals surface area contributed by atoms with Gasteiger partial charge in [-0.3, -0.25) is 0 Å². The molecule has 0 fully saturated rings. The lowest BCUT2D eigenvalue weighted by molar-refractivity contribution is 1.32. The summed E-state index contributed by atoms with van der Waals surface area (Å²) in [6.07, 6.45) is 1.88. The smallest absolute Gasteiger partial charge is 0.275 e. The second-order valence-electron chi connectivity index (χ2n) is 0.692. The lowest BCUT2D eigenvalue weighted by Crippen LogP contribution is -2.17. The highest BCUT2D eigenvalue weighted by Crippen LogP contribution is 1.68. The Morgan fingerprint density at radius 3 is 2.00 bits per heavy atom. The lowest BCUT2D eigenvalue weighted by Gasteiger charge is -1.96. The zero-order valence-electron chi connectivity index (χ0n) is 2.23. The number of hydrogen-bond donors (Lipinski definition) is 1. The molecule has 0 aliphatic carbocycles. The minimum Gasteiger partial charge on any atom is -0.435 e. The van der Waals surface area contributed by atoms with Crippen LogP contribution in [0.4, 0.5) is 0 Å². The molecule has 0 atom stereocenters. The van der Waals surface area contributed by atoms with E-state index >= 15 is 0 Å². The van der Waals surface area contributed by atoms with E-state index in [9.17, 15) is 0 Å². The van der Waals surface area contributed by atoms with Crippen LogP contribution in [0, 0.1) is 0 Å². The van der Waals surface area contributed by atoms with Gasteiger partial charge in [0.05, 0.1) is 0 Å². The van der Waals surface area contributed by atoms with Crippen molar-refractivity contribution in [3.63, 3.8) is 0 Å². The zero-order chi connectivity index (χ0) is 2.83. The van der Waals surface area contributed by atoms with Crippen LogP contribution in [-0.2, 0) is 0 Å². The maximum Gasteiger partial charge on any atom is 0.275 e. The largest absolute Gasteiger partial charge is 0.435 e. The van der Waals surface area contributed by atoms with Gasteiger partial charge in [-0.1, -0.05) is 5.98 Å². The number of hydrogen-bond acceptors (Lipinski definition) is 1. The van der Waals surface area contributed by atoms with Crippen molar-refractivity contribution < 1.29 is 0 Å². The molecule has 0 aromatic rings. The van der Waals surface area contributed by atoms with Crippen LogP contribution in [0.25, 0.3) is 0 Å². The SMILES string of the molecule is [B]1C=CN1. The Kier molecular flexibility index (Phi) is 0.243. The normalized spacial score (nSPS) is 16.0. The molecule has 1 radical (unpaired) electrons. The van der Waals surface area contributed by atoms with Crippen LogP contribution < -0.4 is 5.23 Å². The van der Waals surface area contributed by atoms with Gasteiger partial charge in [0, 0.05) is 0 Å². The highest BCUT2D eigenvalue weighted by molar-refractivity contribution is 6.42. The number of nitrogens with one attached hydrogen (secondary N) is 1. The molecule has 1 heterocycles. The molecule has 19 valence electrons. The molecule has 0 bridgehead atoms. The molecule has 0 amide bonds. The summed E-state index contributed by atoms with van der Waals surface area (Å²) in [5, 5.41) is 2.81. The van der Waals surface area contributed by atoms with Gasteiger partial charge in [0.2, 0.25) is 0 Å². The minimum atomic E-state index is 1.88. The van der Waals surface area contributed by atoms with E-state index in [-0.39, 0.29) is 0 Å². The third kappa shape index (κ3) is 0.0452. The van der Waals surface area contributed by atoms with Crippen molar-refractivity contribution >= 4 is 7.41 Å². The van der Waals surface area contributed by atoms with E-state index in [0.29, 0.717) is 0 Å². The molecule has 1 N–H and O–H groups in total. The molecule has 0 aromatic heterocycles. The Hall–Kier alpha value is -0.395. The fourth-order valence-corrected chi connectivity index (χ4v) is 0.0962. The molecule has 0 unspecified atom stereocenters. The monoisotopic (exact) mass is 52.0 g/mol. The average molecular weight is 51.9 g/mol. The fourth-order valence-electron chi connectivity index (χ4n) is 0.0962. The first kappa shape index (κ1) is 1.88. The number of rotatable bonds is 0. The van der Waals surface area contributed by atoms with E-state index in [4.69, 9.17) is 0 Å². The maximum absolute atomic E-state index is 2.81. The van der Waals surface area contributed by atoms with E-state index < -0.39 is 0 Å². The molecule has 1 rings (SSSR count). The van der Waals surface area contributed by atoms with Crippen LogP contribution >= 0.6 is 0 Å². The van der Waals surface area contributed by atoms with Gasteiger partial charge in [0.25, 0.3) is 7.41 Å². The van der Waals surface area contributed by atoms with Gasteiger partial charge in [-0.25, -0.2) is 0 Å². The first-order valence-electron chi connectivity index (χ1n) is 1.24. The van der Waals surface area contributed by atoms with Crippen molar-refractivity contribution in [2.24, 2.45) is 0 Å². The van der Waals surface area contributed by atoms with Gasteiger partial charge < -0.3 is 5.23 Å². The summed E-state index contributed by atoms with van der Waals surface area (Å²) in [4.78, 5) is 0. The Labute approximate surface area is 26.0 Å². The van der Waals surface area contributed by atoms with Gasteiger partial charge >= 0.3 is 0 Å². The van der Waals surface area contributed by atoms with Crippen molar-refractivity contribution in [1.29, 1.82) is 0 Å². The van der Waals surface area contributed by atoms with Gasteiger partial charge in [0.15, 0.2) is 0 Å². The van der Waals surface area contributed by atoms with Crippen molar-refractivity contribution in [2.75, 3.05) is 0 Å². The Bertz CT molecular complexity index is 35.3. The van der Waals surface area contributed by atoms with Crippen molar-refractivity contribution in [1.82, 2.24) is 5.23 Å². The molecular weight excluding hydrogens is 48.8 g/mol. The van der Waals surface area contributed by atoms with E-state index in [1.807, 2.05) is 19.6 Å². The summed E-state index contributed by atoms with van der Waals surface area (Å²) in [6.45, 7) is 0. The van der Waals surface area contributed by atoms with Crippen LogP contribution in [0.5, 0.6) is 0 Å². The van der Waals surface area contributed by atoms with Crippen LogP contribution in [0.2, 0.25) is 0 Å². The van der Waals surface area contributed by atoms with E-state index in [2.05, 4.69) is 5.23 Å². The third-order valence-electron chi connectivity index (χ3n) is 0.385. The molecule has 0 spiro atoms. The molecular formula is C2H3BN. The summed E-state index contributed by atoms with van der Waals surface area (Å²) in [5.74, 6) is 1.94. The summed E-state index contributed by atoms with van der Waals surface area (Å²) in [5.41, 5.74) is 0. The fraction of sp³-hybridized carbons (Fsp3) is 0. The second kappa shape index (κ2) is 0.516. The zero-order valence-corrected chi connectivity index (χ0v) is 2.23. The molecule has 4 heavy (non-hydrogen) atoms. The molecule has 2 heteroatoms. The maximum atomic E-state index is 2.81. The van der Waals surface area contributed by atoms with Crippen molar-refractivity contribution in [2.45, 2.75) is 0 Å². The molecule has 0 saturated carbocycles. The molecule has 1 aliphatic heterocycles. The van der Waals surface area contributed by atoms with Crippen LogP contribution in [0.3, 0.4) is 0 Å². The topological polar surface area (TPSA) is 12.0 Å². The summed E-state index contributed by atoms with van der Waals surface area (Å²) >= 11 is 0. The molecule has 1 aliphatic rings. The first-order valence-corrected chi connectivity index (χ1v) is 1.24. The van der Waals surface area contributed by atoms with E-state index in [0.717, 1.165) is 0 Å². The quantitative estimate of drug-likeness (QED) is 0.372. The summed E-state index contributed by atoms with van der Waals surface area (Å²) in [6, 6.07) is 0. The van der Waals surface area contributed by atoms with Gasteiger partial charge in [-0.2, -0.15) is 0 Å². The highest BCUT2D eigenvalue weighted by atomic mass is 14.7. The van der Waals surface area contributed by atoms with E-state index in [1.165, 1.54) is 0 Å². The van der Waals surface area contributed by atoms with Crippen LogP contribution in [0.15, 0.2) is 12.2 Å². The predicted octanol–water partition coefficient (Wildman–Crippen LogP) is -0.320. The predicted molar refractivity (Wildman–Crippen MR) is 18.0 cm³/mol. The second-order valence-corrected chi connectivity index (χ2v) is 0.692. The van der Waals surface area contributed by atoms with Crippen molar-refractivity contribution in [3.05, 3.63) is 12.2 Å². The Morgan fingerprint density at radius 1 is 1.75 bits per heavy atom. The van der Waals surface area contributed by atoms with E-state index in [1.54, 1.807) is 0 Å². The highest BCUT2D eigenvalue weighted by Gasteiger charge is 1.82. The summed E-state index contributed by atoms with van der Waals surface area (Å²) in [7, 11) is 1.88. The van der Waals surface area contributed by atoms with Crippen LogP contribution in [-0.4, -0.2) is 7.41 Å². The van der Waals surface area contributed by atoms with Gasteiger partial charge in [-0.15, -0.1) is 0 Å². The average Bonchev–Trinajstić information content (AvgIpc) is 0.722. The van der Waals surface area contributed by atoms with Gasteiger partial charge in [0.1, 0.15) is 0 Å². The first-order chi connectivity index (χ1) is 2.00. The van der Waals surface area contributed by atoms with Crippen LogP contribution in [0.1, 0.15) is 0 Å². The standard InChI is InChI=1S/C2H3BN/c1-2-4-3-1/h1-2,4H.